The Morgan fingerprint density at radius 1 is 1.47 bits per heavy atom. The van der Waals surface area contributed by atoms with E-state index in [4.69, 9.17) is 10.5 Å². The molecule has 3 N–H and O–H groups in total. The molecule has 0 saturated heterocycles. The first-order valence-corrected chi connectivity index (χ1v) is 6.09. The maximum Gasteiger partial charge on any atom is 0.412 e. The molecule has 0 unspecified atom stereocenters. The van der Waals surface area contributed by atoms with Crippen molar-refractivity contribution >= 4 is 27.7 Å². The number of halogens is 1. The fraction of sp³-hybridized carbons (Fsp3) is 0.417. The maximum absolute atomic E-state index is 11.5. The van der Waals surface area contributed by atoms with Gasteiger partial charge in [0.2, 0.25) is 0 Å². The summed E-state index contributed by atoms with van der Waals surface area (Å²) in [6.07, 6.45) is -0.470. The molecular weight excluding hydrogens is 284 g/mol. The number of anilines is 1. The summed E-state index contributed by atoms with van der Waals surface area (Å²) in [4.78, 5) is 11.5. The standard InChI is InChI=1S/C12H17BrN2O2/c1-12(2,3)17-11(16)15-9-4-5-10(13)8(6-9)7-14/h4-6H,7,14H2,1-3H3,(H,15,16). The van der Waals surface area contributed by atoms with Crippen LogP contribution in [0.1, 0.15) is 26.3 Å². The van der Waals surface area contributed by atoms with Crippen LogP contribution >= 0.6 is 15.9 Å². The SMILES string of the molecule is CC(C)(C)OC(=O)Nc1ccc(Br)c(CN)c1. The Labute approximate surface area is 110 Å². The molecule has 1 amide bonds. The summed E-state index contributed by atoms with van der Waals surface area (Å²) < 4.78 is 6.08. The molecule has 0 radical (unpaired) electrons. The molecular formula is C12H17BrN2O2. The lowest BCUT2D eigenvalue weighted by molar-refractivity contribution is 0.0636. The van der Waals surface area contributed by atoms with Gasteiger partial charge < -0.3 is 10.5 Å². The highest BCUT2D eigenvalue weighted by Crippen LogP contribution is 2.21. The van der Waals surface area contributed by atoms with Crippen molar-refractivity contribution in [1.29, 1.82) is 0 Å². The Hall–Kier alpha value is -1.07. The third kappa shape index (κ3) is 4.75. The summed E-state index contributed by atoms with van der Waals surface area (Å²) >= 11 is 3.38. The van der Waals surface area contributed by atoms with Gasteiger partial charge in [-0.1, -0.05) is 15.9 Å². The molecule has 94 valence electrons. The monoisotopic (exact) mass is 300 g/mol. The van der Waals surface area contributed by atoms with Gasteiger partial charge in [-0.3, -0.25) is 5.32 Å². The molecule has 1 rings (SSSR count). The predicted molar refractivity (Wildman–Crippen MR) is 71.9 cm³/mol. The van der Waals surface area contributed by atoms with Gasteiger partial charge in [0, 0.05) is 16.7 Å². The summed E-state index contributed by atoms with van der Waals surface area (Å²) in [5, 5.41) is 2.66. The van der Waals surface area contributed by atoms with E-state index in [1.807, 2.05) is 32.9 Å². The van der Waals surface area contributed by atoms with Gasteiger partial charge in [-0.25, -0.2) is 4.79 Å². The first-order chi connectivity index (χ1) is 7.81. The van der Waals surface area contributed by atoms with E-state index in [-0.39, 0.29) is 0 Å². The van der Waals surface area contributed by atoms with Gasteiger partial charge in [0.05, 0.1) is 0 Å². The Balaban J connectivity index is 2.72. The number of ether oxygens (including phenoxy) is 1. The first-order valence-electron chi connectivity index (χ1n) is 5.30. The predicted octanol–water partition coefficient (Wildman–Crippen LogP) is 3.25. The third-order valence-corrected chi connectivity index (χ3v) is 2.68. The minimum atomic E-state index is -0.504. The van der Waals surface area contributed by atoms with Gasteiger partial charge in [0.25, 0.3) is 0 Å². The normalized spacial score (nSPS) is 11.1. The number of nitrogens with one attached hydrogen (secondary N) is 1. The molecule has 0 heterocycles. The van der Waals surface area contributed by atoms with Crippen LogP contribution in [0.25, 0.3) is 0 Å². The van der Waals surface area contributed by atoms with E-state index in [1.165, 1.54) is 0 Å². The van der Waals surface area contributed by atoms with Crippen LogP contribution in [0.3, 0.4) is 0 Å². The van der Waals surface area contributed by atoms with E-state index in [1.54, 1.807) is 6.07 Å². The molecule has 1 aromatic rings. The zero-order valence-corrected chi connectivity index (χ0v) is 11.8. The van der Waals surface area contributed by atoms with E-state index in [0.29, 0.717) is 12.2 Å². The van der Waals surface area contributed by atoms with Crippen LogP contribution in [-0.2, 0) is 11.3 Å². The second kappa shape index (κ2) is 5.51. The Morgan fingerprint density at radius 3 is 2.65 bits per heavy atom. The fourth-order valence-electron chi connectivity index (χ4n) is 1.23. The van der Waals surface area contributed by atoms with E-state index in [0.717, 1.165) is 10.0 Å². The lowest BCUT2D eigenvalue weighted by Gasteiger charge is -2.19. The van der Waals surface area contributed by atoms with E-state index < -0.39 is 11.7 Å². The molecule has 0 aliphatic carbocycles. The minimum absolute atomic E-state index is 0.407. The molecule has 0 bridgehead atoms. The highest BCUT2D eigenvalue weighted by atomic mass is 79.9. The lowest BCUT2D eigenvalue weighted by Crippen LogP contribution is -2.27. The molecule has 0 fully saturated rings. The molecule has 0 aliphatic heterocycles. The molecule has 0 saturated carbocycles. The van der Waals surface area contributed by atoms with Crippen LogP contribution < -0.4 is 11.1 Å². The van der Waals surface area contributed by atoms with Crippen molar-refractivity contribution in [2.75, 3.05) is 5.32 Å². The zero-order chi connectivity index (χ0) is 13.1. The lowest BCUT2D eigenvalue weighted by atomic mass is 10.2. The van der Waals surface area contributed by atoms with Crippen molar-refractivity contribution in [3.63, 3.8) is 0 Å². The maximum atomic E-state index is 11.5. The summed E-state index contributed by atoms with van der Waals surface area (Å²) in [5.41, 5.74) is 6.67. The van der Waals surface area contributed by atoms with Gasteiger partial charge in [0.1, 0.15) is 5.60 Å². The summed E-state index contributed by atoms with van der Waals surface area (Å²) in [5.74, 6) is 0. The molecule has 1 aromatic carbocycles. The van der Waals surface area contributed by atoms with Gasteiger partial charge >= 0.3 is 6.09 Å². The Morgan fingerprint density at radius 2 is 2.12 bits per heavy atom. The number of carbonyl (C=O) groups is 1. The second-order valence-electron chi connectivity index (χ2n) is 4.64. The number of hydrogen-bond donors (Lipinski definition) is 2. The second-order valence-corrected chi connectivity index (χ2v) is 5.49. The quantitative estimate of drug-likeness (QED) is 0.881. The number of carbonyl (C=O) groups excluding carboxylic acids is 1. The van der Waals surface area contributed by atoms with Crippen LogP contribution in [0.2, 0.25) is 0 Å². The van der Waals surface area contributed by atoms with Crippen LogP contribution in [0.5, 0.6) is 0 Å². The molecule has 0 atom stereocenters. The average Bonchev–Trinajstić information content (AvgIpc) is 2.18. The van der Waals surface area contributed by atoms with Crippen molar-refractivity contribution in [2.24, 2.45) is 5.73 Å². The number of benzene rings is 1. The van der Waals surface area contributed by atoms with Crippen molar-refractivity contribution in [1.82, 2.24) is 0 Å². The molecule has 4 nitrogen and oxygen atoms in total. The Bertz CT molecular complexity index is 413. The molecule has 5 heteroatoms. The van der Waals surface area contributed by atoms with Crippen molar-refractivity contribution in [3.05, 3.63) is 28.2 Å². The van der Waals surface area contributed by atoms with Gasteiger partial charge in [-0.05, 0) is 44.5 Å². The van der Waals surface area contributed by atoms with E-state index >= 15 is 0 Å². The highest BCUT2D eigenvalue weighted by molar-refractivity contribution is 9.10. The smallest absolute Gasteiger partial charge is 0.412 e. The number of hydrogen-bond acceptors (Lipinski definition) is 3. The van der Waals surface area contributed by atoms with Crippen LogP contribution in [0, 0.1) is 0 Å². The van der Waals surface area contributed by atoms with E-state index in [2.05, 4.69) is 21.2 Å². The van der Waals surface area contributed by atoms with Crippen molar-refractivity contribution in [2.45, 2.75) is 32.9 Å². The topological polar surface area (TPSA) is 64.3 Å². The third-order valence-electron chi connectivity index (χ3n) is 1.91. The number of amides is 1. The van der Waals surface area contributed by atoms with Crippen LogP contribution in [0.4, 0.5) is 10.5 Å². The zero-order valence-electron chi connectivity index (χ0n) is 10.2. The van der Waals surface area contributed by atoms with E-state index in [9.17, 15) is 4.79 Å². The first kappa shape index (κ1) is 14.0. The number of nitrogens with two attached hydrogens (primary N) is 1. The Kier molecular flexibility index (Phi) is 4.54. The highest BCUT2D eigenvalue weighted by Gasteiger charge is 2.16. The average molecular weight is 301 g/mol. The van der Waals surface area contributed by atoms with Gasteiger partial charge in [-0.2, -0.15) is 0 Å². The van der Waals surface area contributed by atoms with Gasteiger partial charge in [-0.15, -0.1) is 0 Å². The molecule has 0 aliphatic rings. The van der Waals surface area contributed by atoms with Crippen LogP contribution in [-0.4, -0.2) is 11.7 Å². The summed E-state index contributed by atoms with van der Waals surface area (Å²) in [6, 6.07) is 5.44. The molecule has 0 aromatic heterocycles. The number of rotatable bonds is 2. The molecule has 0 spiro atoms. The van der Waals surface area contributed by atoms with Gasteiger partial charge in [0.15, 0.2) is 0 Å². The largest absolute Gasteiger partial charge is 0.444 e. The molecule has 17 heavy (non-hydrogen) atoms. The summed E-state index contributed by atoms with van der Waals surface area (Å²) in [7, 11) is 0. The van der Waals surface area contributed by atoms with Crippen molar-refractivity contribution in [3.8, 4) is 0 Å². The fourth-order valence-corrected chi connectivity index (χ4v) is 1.64. The minimum Gasteiger partial charge on any atom is -0.444 e. The summed E-state index contributed by atoms with van der Waals surface area (Å²) in [6.45, 7) is 5.86. The van der Waals surface area contributed by atoms with Crippen molar-refractivity contribution < 1.29 is 9.53 Å². The van der Waals surface area contributed by atoms with Crippen LogP contribution in [0.15, 0.2) is 22.7 Å².